The van der Waals surface area contributed by atoms with E-state index in [1.165, 1.54) is 11.3 Å². The molecule has 0 saturated heterocycles. The molecule has 0 radical (unpaired) electrons. The first-order valence-electron chi connectivity index (χ1n) is 8.11. The molecule has 0 unspecified atom stereocenters. The summed E-state index contributed by atoms with van der Waals surface area (Å²) in [5, 5.41) is 3.39. The van der Waals surface area contributed by atoms with Crippen LogP contribution in [0, 0.1) is 19.8 Å². The van der Waals surface area contributed by atoms with E-state index in [0.717, 1.165) is 29.8 Å². The molecule has 1 aromatic rings. The Morgan fingerprint density at radius 2 is 2.13 bits per heavy atom. The van der Waals surface area contributed by atoms with E-state index < -0.39 is 0 Å². The van der Waals surface area contributed by atoms with Crippen LogP contribution in [0.25, 0.3) is 0 Å². The van der Waals surface area contributed by atoms with E-state index >= 15 is 0 Å². The lowest BCUT2D eigenvalue weighted by Gasteiger charge is -2.22. The molecule has 128 valence electrons. The van der Waals surface area contributed by atoms with Gasteiger partial charge in [0, 0.05) is 30.6 Å². The smallest absolute Gasteiger partial charge is 0.245 e. The zero-order valence-electron chi connectivity index (χ0n) is 14.1. The van der Waals surface area contributed by atoms with Crippen LogP contribution >= 0.6 is 11.3 Å². The Balaban J connectivity index is 1.87. The van der Waals surface area contributed by atoms with E-state index in [-0.39, 0.29) is 24.3 Å². The predicted octanol–water partition coefficient (Wildman–Crippen LogP) is 2.36. The van der Waals surface area contributed by atoms with Crippen LogP contribution in [0.5, 0.6) is 0 Å². The van der Waals surface area contributed by atoms with Crippen molar-refractivity contribution in [1.29, 1.82) is 0 Å². The second-order valence-electron chi connectivity index (χ2n) is 5.79. The average molecular weight is 339 g/mol. The number of thiazole rings is 1. The van der Waals surface area contributed by atoms with Gasteiger partial charge in [-0.2, -0.15) is 0 Å². The first-order chi connectivity index (χ1) is 11.0. The first kappa shape index (κ1) is 17.9. The van der Waals surface area contributed by atoms with Gasteiger partial charge in [0.05, 0.1) is 12.2 Å². The van der Waals surface area contributed by atoms with E-state index in [4.69, 9.17) is 4.74 Å². The van der Waals surface area contributed by atoms with E-state index in [0.29, 0.717) is 24.9 Å². The van der Waals surface area contributed by atoms with Gasteiger partial charge in [0.1, 0.15) is 0 Å². The first-order valence-corrected chi connectivity index (χ1v) is 8.93. The summed E-state index contributed by atoms with van der Waals surface area (Å²) >= 11 is 1.45. The molecular weight excluding hydrogens is 314 g/mol. The number of carbonyl (C=O) groups is 2. The Bertz CT molecular complexity index is 535. The third kappa shape index (κ3) is 5.58. The number of nitrogens with zero attached hydrogens (tertiary/aromatic N) is 2. The third-order valence-electron chi connectivity index (χ3n) is 3.77. The van der Waals surface area contributed by atoms with Gasteiger partial charge in [-0.15, -0.1) is 11.3 Å². The zero-order chi connectivity index (χ0) is 16.8. The maximum Gasteiger partial charge on any atom is 0.245 e. The molecule has 1 N–H and O–H groups in total. The minimum atomic E-state index is -0.191. The number of carbonyl (C=O) groups excluding carboxylic acids is 2. The Hall–Kier alpha value is -1.47. The summed E-state index contributed by atoms with van der Waals surface area (Å²) in [4.78, 5) is 31.6. The van der Waals surface area contributed by atoms with Crippen LogP contribution in [0.3, 0.4) is 0 Å². The number of ether oxygens (including phenoxy) is 1. The van der Waals surface area contributed by atoms with Gasteiger partial charge in [0.15, 0.2) is 5.13 Å². The summed E-state index contributed by atoms with van der Waals surface area (Å²) < 4.78 is 5.31. The molecule has 0 aliphatic heterocycles. The Morgan fingerprint density at radius 3 is 2.70 bits per heavy atom. The van der Waals surface area contributed by atoms with Gasteiger partial charge in [-0.25, -0.2) is 4.98 Å². The molecule has 1 aliphatic carbocycles. The highest BCUT2D eigenvalue weighted by Gasteiger charge is 2.34. The highest BCUT2D eigenvalue weighted by Crippen LogP contribution is 2.31. The number of aryl methyl sites for hydroxylation is 2. The van der Waals surface area contributed by atoms with E-state index in [1.54, 1.807) is 4.90 Å². The van der Waals surface area contributed by atoms with Crippen LogP contribution < -0.4 is 5.32 Å². The molecule has 0 aromatic carbocycles. The van der Waals surface area contributed by atoms with Gasteiger partial charge in [-0.05, 0) is 40.0 Å². The molecule has 23 heavy (non-hydrogen) atoms. The van der Waals surface area contributed by atoms with Gasteiger partial charge < -0.3 is 15.0 Å². The van der Waals surface area contributed by atoms with Crippen molar-refractivity contribution in [2.24, 2.45) is 5.92 Å². The molecule has 0 bridgehead atoms. The lowest BCUT2D eigenvalue weighted by atomic mass is 10.3. The number of anilines is 1. The Morgan fingerprint density at radius 1 is 1.39 bits per heavy atom. The molecule has 1 fully saturated rings. The van der Waals surface area contributed by atoms with Crippen LogP contribution in [-0.4, -0.2) is 48.0 Å². The quantitative estimate of drug-likeness (QED) is 0.701. The maximum atomic E-state index is 12.3. The molecular formula is C16H25N3O3S. The van der Waals surface area contributed by atoms with Gasteiger partial charge in [0.25, 0.3) is 0 Å². The van der Waals surface area contributed by atoms with Crippen molar-refractivity contribution in [2.75, 3.05) is 31.6 Å². The summed E-state index contributed by atoms with van der Waals surface area (Å²) in [7, 11) is 0. The van der Waals surface area contributed by atoms with E-state index in [1.807, 2.05) is 20.8 Å². The van der Waals surface area contributed by atoms with Crippen molar-refractivity contribution < 1.29 is 14.3 Å². The summed E-state index contributed by atoms with van der Waals surface area (Å²) in [6.45, 7) is 7.74. The van der Waals surface area contributed by atoms with Gasteiger partial charge in [-0.3, -0.25) is 9.59 Å². The number of aromatic nitrogens is 1. The molecule has 6 nitrogen and oxygen atoms in total. The number of nitrogens with one attached hydrogen (secondary N) is 1. The minimum absolute atomic E-state index is 0.0825. The van der Waals surface area contributed by atoms with Crippen molar-refractivity contribution >= 4 is 28.3 Å². The molecule has 0 atom stereocenters. The summed E-state index contributed by atoms with van der Waals surface area (Å²) in [6.07, 6.45) is 2.62. The monoisotopic (exact) mass is 339 g/mol. The van der Waals surface area contributed by atoms with Crippen molar-refractivity contribution in [3.05, 3.63) is 10.6 Å². The molecule has 1 aliphatic rings. The van der Waals surface area contributed by atoms with E-state index in [9.17, 15) is 9.59 Å². The van der Waals surface area contributed by atoms with Crippen molar-refractivity contribution in [3.8, 4) is 0 Å². The van der Waals surface area contributed by atoms with Crippen LogP contribution in [0.15, 0.2) is 0 Å². The Labute approximate surface area is 141 Å². The fraction of sp³-hybridized carbons (Fsp3) is 0.688. The lowest BCUT2D eigenvalue weighted by Crippen LogP contribution is -2.39. The minimum Gasteiger partial charge on any atom is -0.382 e. The normalized spacial score (nSPS) is 13.9. The maximum absolute atomic E-state index is 12.3. The molecule has 0 spiro atoms. The standard InChI is InChI=1S/C16H25N3O3S/c1-4-22-9-5-8-19(15(21)13-6-7-13)10-14(20)18-16-17-11(2)12(3)23-16/h13H,4-10H2,1-3H3,(H,17,18,20). The van der Waals surface area contributed by atoms with Crippen molar-refractivity contribution in [2.45, 2.75) is 40.0 Å². The average Bonchev–Trinajstić information content (AvgIpc) is 3.29. The molecule has 2 amide bonds. The number of amides is 2. The van der Waals surface area contributed by atoms with Crippen molar-refractivity contribution in [3.63, 3.8) is 0 Å². The molecule has 1 heterocycles. The van der Waals surface area contributed by atoms with Crippen LogP contribution in [-0.2, 0) is 14.3 Å². The Kier molecular flexibility index (Phi) is 6.53. The SMILES string of the molecule is CCOCCCN(CC(=O)Nc1nc(C)c(C)s1)C(=O)C1CC1. The van der Waals surface area contributed by atoms with Crippen LogP contribution in [0.2, 0.25) is 0 Å². The molecule has 7 heteroatoms. The number of hydrogen-bond donors (Lipinski definition) is 1. The summed E-state index contributed by atoms with van der Waals surface area (Å²) in [5.41, 5.74) is 0.924. The molecule has 1 aromatic heterocycles. The van der Waals surface area contributed by atoms with Crippen LogP contribution in [0.4, 0.5) is 5.13 Å². The van der Waals surface area contributed by atoms with Gasteiger partial charge >= 0.3 is 0 Å². The second kappa shape index (κ2) is 8.40. The van der Waals surface area contributed by atoms with Crippen LogP contribution in [0.1, 0.15) is 36.8 Å². The van der Waals surface area contributed by atoms with Gasteiger partial charge in [0.2, 0.25) is 11.8 Å². The largest absolute Gasteiger partial charge is 0.382 e. The predicted molar refractivity (Wildman–Crippen MR) is 90.6 cm³/mol. The summed E-state index contributed by atoms with van der Waals surface area (Å²) in [5.74, 6) is 0.00607. The fourth-order valence-corrected chi connectivity index (χ4v) is 3.05. The second-order valence-corrected chi connectivity index (χ2v) is 7.00. The highest BCUT2D eigenvalue weighted by atomic mass is 32.1. The van der Waals surface area contributed by atoms with E-state index in [2.05, 4.69) is 10.3 Å². The number of hydrogen-bond acceptors (Lipinski definition) is 5. The molecule has 2 rings (SSSR count). The number of rotatable bonds is 9. The molecule has 1 saturated carbocycles. The topological polar surface area (TPSA) is 71.5 Å². The van der Waals surface area contributed by atoms with Crippen molar-refractivity contribution in [1.82, 2.24) is 9.88 Å². The fourth-order valence-electron chi connectivity index (χ4n) is 2.22. The zero-order valence-corrected chi connectivity index (χ0v) is 14.9. The summed E-state index contributed by atoms with van der Waals surface area (Å²) in [6, 6.07) is 0. The lowest BCUT2D eigenvalue weighted by molar-refractivity contribution is -0.136. The third-order valence-corrected chi connectivity index (χ3v) is 4.76. The highest BCUT2D eigenvalue weighted by molar-refractivity contribution is 7.15. The van der Waals surface area contributed by atoms with Gasteiger partial charge in [-0.1, -0.05) is 0 Å².